The number of nitrogens with two attached hydrogens (primary N) is 1. The minimum Gasteiger partial charge on any atom is -0.344 e. The molecule has 1 unspecified atom stereocenters. The van der Waals surface area contributed by atoms with Crippen LogP contribution in [0.5, 0.6) is 0 Å². The van der Waals surface area contributed by atoms with Gasteiger partial charge in [0.2, 0.25) is 5.91 Å². The Bertz CT molecular complexity index is 395. The summed E-state index contributed by atoms with van der Waals surface area (Å²) in [5.74, 6) is 0.718. The number of amides is 1. The van der Waals surface area contributed by atoms with Gasteiger partial charge in [-0.1, -0.05) is 29.8 Å². The quantitative estimate of drug-likeness (QED) is 0.861. The van der Waals surface area contributed by atoms with Crippen molar-refractivity contribution >= 4 is 5.91 Å². The zero-order valence-corrected chi connectivity index (χ0v) is 10.5. The van der Waals surface area contributed by atoms with E-state index >= 15 is 0 Å². The van der Waals surface area contributed by atoms with Crippen LogP contribution < -0.4 is 5.73 Å². The third kappa shape index (κ3) is 3.07. The number of carbonyl (C=O) groups excluding carboxylic acids is 1. The first-order valence-corrected chi connectivity index (χ1v) is 6.15. The number of rotatable bonds is 4. The highest BCUT2D eigenvalue weighted by molar-refractivity contribution is 5.82. The van der Waals surface area contributed by atoms with E-state index in [1.54, 1.807) is 4.90 Å². The molecule has 2 rings (SSSR count). The van der Waals surface area contributed by atoms with E-state index in [9.17, 15) is 4.79 Å². The summed E-state index contributed by atoms with van der Waals surface area (Å²) in [7, 11) is 1.84. The largest absolute Gasteiger partial charge is 0.344 e. The van der Waals surface area contributed by atoms with Crippen molar-refractivity contribution in [1.29, 1.82) is 0 Å². The Kier molecular flexibility index (Phi) is 3.48. The SMILES string of the molecule is Cc1ccc(C(N)C(=O)N(C)CC2CC2)cc1. The summed E-state index contributed by atoms with van der Waals surface area (Å²) in [5.41, 5.74) is 8.07. The second-order valence-corrected chi connectivity index (χ2v) is 5.05. The fourth-order valence-electron chi connectivity index (χ4n) is 1.93. The molecule has 1 saturated carbocycles. The summed E-state index contributed by atoms with van der Waals surface area (Å²) >= 11 is 0. The number of likely N-dealkylation sites (N-methyl/N-ethyl adjacent to an activating group) is 1. The Morgan fingerprint density at radius 2 is 2.00 bits per heavy atom. The van der Waals surface area contributed by atoms with Crippen LogP contribution in [0.15, 0.2) is 24.3 Å². The molecule has 0 bridgehead atoms. The van der Waals surface area contributed by atoms with Gasteiger partial charge in [-0.15, -0.1) is 0 Å². The van der Waals surface area contributed by atoms with Gasteiger partial charge in [0.25, 0.3) is 0 Å². The number of benzene rings is 1. The molecule has 1 atom stereocenters. The lowest BCUT2D eigenvalue weighted by Crippen LogP contribution is -2.37. The minimum absolute atomic E-state index is 0.0146. The van der Waals surface area contributed by atoms with E-state index in [2.05, 4.69) is 0 Å². The third-order valence-electron chi connectivity index (χ3n) is 3.31. The molecule has 0 aliphatic heterocycles. The summed E-state index contributed by atoms with van der Waals surface area (Å²) in [6, 6.07) is 7.32. The predicted octanol–water partition coefficient (Wildman–Crippen LogP) is 1.86. The van der Waals surface area contributed by atoms with Gasteiger partial charge in [0, 0.05) is 13.6 Å². The maximum absolute atomic E-state index is 12.1. The number of carbonyl (C=O) groups is 1. The first-order chi connectivity index (χ1) is 8.08. The van der Waals surface area contributed by atoms with Crippen molar-refractivity contribution in [2.45, 2.75) is 25.8 Å². The second kappa shape index (κ2) is 4.88. The van der Waals surface area contributed by atoms with Crippen LogP contribution in [0.25, 0.3) is 0 Å². The van der Waals surface area contributed by atoms with Crippen LogP contribution in [0.2, 0.25) is 0 Å². The molecule has 1 aliphatic carbocycles. The number of hydrogen-bond acceptors (Lipinski definition) is 2. The molecule has 3 nitrogen and oxygen atoms in total. The topological polar surface area (TPSA) is 46.3 Å². The van der Waals surface area contributed by atoms with Crippen molar-refractivity contribution < 1.29 is 4.79 Å². The molecule has 1 fully saturated rings. The molecule has 1 aromatic carbocycles. The van der Waals surface area contributed by atoms with E-state index in [0.29, 0.717) is 5.92 Å². The van der Waals surface area contributed by atoms with Crippen LogP contribution in [0.1, 0.15) is 30.0 Å². The molecular weight excluding hydrogens is 212 g/mol. The predicted molar refractivity (Wildman–Crippen MR) is 68.5 cm³/mol. The Morgan fingerprint density at radius 1 is 1.41 bits per heavy atom. The van der Waals surface area contributed by atoms with E-state index in [1.807, 2.05) is 38.2 Å². The number of aryl methyl sites for hydroxylation is 1. The molecule has 1 aromatic rings. The smallest absolute Gasteiger partial charge is 0.243 e. The maximum Gasteiger partial charge on any atom is 0.243 e. The average Bonchev–Trinajstić information content (AvgIpc) is 3.12. The second-order valence-electron chi connectivity index (χ2n) is 5.05. The number of hydrogen-bond donors (Lipinski definition) is 1. The van der Waals surface area contributed by atoms with Crippen LogP contribution in [-0.2, 0) is 4.79 Å². The summed E-state index contributed by atoms with van der Waals surface area (Å²) in [4.78, 5) is 13.9. The van der Waals surface area contributed by atoms with Gasteiger partial charge >= 0.3 is 0 Å². The minimum atomic E-state index is -0.528. The van der Waals surface area contributed by atoms with Crippen LogP contribution in [0.3, 0.4) is 0 Å². The molecule has 1 amide bonds. The fraction of sp³-hybridized carbons (Fsp3) is 0.500. The zero-order valence-electron chi connectivity index (χ0n) is 10.5. The first-order valence-electron chi connectivity index (χ1n) is 6.15. The highest BCUT2D eigenvalue weighted by Gasteiger charge is 2.27. The van der Waals surface area contributed by atoms with Gasteiger partial charge in [0.1, 0.15) is 6.04 Å². The Balaban J connectivity index is 1.99. The highest BCUT2D eigenvalue weighted by atomic mass is 16.2. The van der Waals surface area contributed by atoms with Gasteiger partial charge in [-0.3, -0.25) is 4.79 Å². The highest BCUT2D eigenvalue weighted by Crippen LogP contribution is 2.29. The van der Waals surface area contributed by atoms with Crippen molar-refractivity contribution in [3.8, 4) is 0 Å². The van der Waals surface area contributed by atoms with E-state index < -0.39 is 6.04 Å². The van der Waals surface area contributed by atoms with Gasteiger partial charge in [-0.25, -0.2) is 0 Å². The van der Waals surface area contributed by atoms with E-state index in [4.69, 9.17) is 5.73 Å². The van der Waals surface area contributed by atoms with Gasteiger partial charge < -0.3 is 10.6 Å². The standard InChI is InChI=1S/C14H20N2O/c1-10-3-7-12(8-4-10)13(15)14(17)16(2)9-11-5-6-11/h3-4,7-8,11,13H,5-6,9,15H2,1-2H3. The molecule has 2 N–H and O–H groups in total. The average molecular weight is 232 g/mol. The van der Waals surface area contributed by atoms with E-state index in [1.165, 1.54) is 18.4 Å². The molecule has 1 aliphatic rings. The Labute approximate surface area is 103 Å². The lowest BCUT2D eigenvalue weighted by Gasteiger charge is -2.21. The summed E-state index contributed by atoms with van der Waals surface area (Å²) < 4.78 is 0. The molecule has 0 heterocycles. The first kappa shape index (κ1) is 12.1. The molecule has 17 heavy (non-hydrogen) atoms. The normalized spacial score (nSPS) is 16.6. The lowest BCUT2D eigenvalue weighted by molar-refractivity contribution is -0.131. The van der Waals surface area contributed by atoms with Gasteiger partial charge in [-0.05, 0) is 31.2 Å². The maximum atomic E-state index is 12.1. The summed E-state index contributed by atoms with van der Waals surface area (Å²) in [5, 5.41) is 0. The van der Waals surface area contributed by atoms with Gasteiger partial charge in [0.15, 0.2) is 0 Å². The fourth-order valence-corrected chi connectivity index (χ4v) is 1.93. The zero-order chi connectivity index (χ0) is 12.4. The van der Waals surface area contributed by atoms with E-state index in [-0.39, 0.29) is 5.91 Å². The van der Waals surface area contributed by atoms with E-state index in [0.717, 1.165) is 12.1 Å². The molecule has 0 saturated heterocycles. The summed E-state index contributed by atoms with van der Waals surface area (Å²) in [6.45, 7) is 2.87. The van der Waals surface area contributed by atoms with Crippen LogP contribution in [0, 0.1) is 12.8 Å². The molecule has 0 spiro atoms. The van der Waals surface area contributed by atoms with Gasteiger partial charge in [-0.2, -0.15) is 0 Å². The Morgan fingerprint density at radius 3 is 2.53 bits per heavy atom. The molecule has 92 valence electrons. The van der Waals surface area contributed by atoms with Crippen molar-refractivity contribution in [3.63, 3.8) is 0 Å². The Hall–Kier alpha value is -1.35. The molecule has 3 heteroatoms. The molecule has 0 radical (unpaired) electrons. The number of nitrogens with zero attached hydrogens (tertiary/aromatic N) is 1. The van der Waals surface area contributed by atoms with Crippen molar-refractivity contribution in [2.75, 3.05) is 13.6 Å². The van der Waals surface area contributed by atoms with Crippen LogP contribution in [-0.4, -0.2) is 24.4 Å². The lowest BCUT2D eigenvalue weighted by atomic mass is 10.0. The monoisotopic (exact) mass is 232 g/mol. The van der Waals surface area contributed by atoms with Crippen LogP contribution >= 0.6 is 0 Å². The third-order valence-corrected chi connectivity index (χ3v) is 3.31. The van der Waals surface area contributed by atoms with Crippen molar-refractivity contribution in [2.24, 2.45) is 11.7 Å². The molecule has 0 aromatic heterocycles. The van der Waals surface area contributed by atoms with Crippen LogP contribution in [0.4, 0.5) is 0 Å². The molecular formula is C14H20N2O. The van der Waals surface area contributed by atoms with Gasteiger partial charge in [0.05, 0.1) is 0 Å². The summed E-state index contributed by atoms with van der Waals surface area (Å²) in [6.07, 6.45) is 2.49. The van der Waals surface area contributed by atoms with Crippen molar-refractivity contribution in [1.82, 2.24) is 4.90 Å². The van der Waals surface area contributed by atoms with Crippen molar-refractivity contribution in [3.05, 3.63) is 35.4 Å².